The molecule has 0 radical (unpaired) electrons. The number of amides is 1. The fourth-order valence-corrected chi connectivity index (χ4v) is 2.90. The topological polar surface area (TPSA) is 70.1 Å². The van der Waals surface area contributed by atoms with Gasteiger partial charge in [-0.2, -0.15) is 0 Å². The van der Waals surface area contributed by atoms with Crippen molar-refractivity contribution < 1.29 is 19.4 Å². The number of hydrogen-bond acceptors (Lipinski definition) is 4. The van der Waals surface area contributed by atoms with Gasteiger partial charge in [-0.05, 0) is 39.9 Å². The van der Waals surface area contributed by atoms with Crippen LogP contribution in [0.25, 0.3) is 0 Å². The van der Waals surface area contributed by atoms with Crippen LogP contribution in [0.4, 0.5) is 0 Å². The van der Waals surface area contributed by atoms with Gasteiger partial charge in [0.2, 0.25) is 5.91 Å². The van der Waals surface area contributed by atoms with Crippen LogP contribution in [-0.2, 0) is 14.3 Å². The second-order valence-corrected chi connectivity index (χ2v) is 5.96. The summed E-state index contributed by atoms with van der Waals surface area (Å²) in [6.45, 7) is 2.58. The molecule has 1 aliphatic rings. The minimum absolute atomic E-state index is 0.0179. The highest BCUT2D eigenvalue weighted by molar-refractivity contribution is 5.85. The number of aliphatic carboxylic acids is 1. The molecule has 0 aromatic carbocycles. The van der Waals surface area contributed by atoms with E-state index in [4.69, 9.17) is 4.74 Å². The molecule has 1 saturated carbocycles. The smallest absolute Gasteiger partial charge is 0.307 e. The van der Waals surface area contributed by atoms with E-state index < -0.39 is 11.9 Å². The third-order valence-electron chi connectivity index (χ3n) is 4.06. The van der Waals surface area contributed by atoms with Gasteiger partial charge in [-0.1, -0.05) is 6.42 Å². The molecule has 6 nitrogen and oxygen atoms in total. The van der Waals surface area contributed by atoms with E-state index in [0.29, 0.717) is 32.5 Å². The largest absolute Gasteiger partial charge is 0.481 e. The third kappa shape index (κ3) is 5.63. The molecule has 1 amide bonds. The average molecular weight is 300 g/mol. The third-order valence-corrected chi connectivity index (χ3v) is 4.06. The second-order valence-electron chi connectivity index (χ2n) is 5.96. The molecule has 0 heterocycles. The predicted octanol–water partition coefficient (Wildman–Crippen LogP) is 0.914. The lowest BCUT2D eigenvalue weighted by molar-refractivity contribution is -0.149. The molecule has 122 valence electrons. The lowest BCUT2D eigenvalue weighted by Gasteiger charge is -2.27. The summed E-state index contributed by atoms with van der Waals surface area (Å²) in [5, 5.41) is 9.24. The van der Waals surface area contributed by atoms with Gasteiger partial charge < -0.3 is 19.6 Å². The van der Waals surface area contributed by atoms with E-state index in [0.717, 1.165) is 19.4 Å². The van der Waals surface area contributed by atoms with Crippen LogP contribution in [-0.4, -0.2) is 74.2 Å². The summed E-state index contributed by atoms with van der Waals surface area (Å²) in [6.07, 6.45) is 3.00. The van der Waals surface area contributed by atoms with Gasteiger partial charge in [0, 0.05) is 20.2 Å². The van der Waals surface area contributed by atoms with Crippen molar-refractivity contribution in [2.24, 2.45) is 11.8 Å². The van der Waals surface area contributed by atoms with Gasteiger partial charge in [0.25, 0.3) is 0 Å². The molecular weight excluding hydrogens is 272 g/mol. The molecule has 1 fully saturated rings. The van der Waals surface area contributed by atoms with Gasteiger partial charge in [-0.25, -0.2) is 0 Å². The van der Waals surface area contributed by atoms with Crippen molar-refractivity contribution in [3.8, 4) is 0 Å². The van der Waals surface area contributed by atoms with Crippen LogP contribution in [0.3, 0.4) is 0 Å². The molecule has 0 unspecified atom stereocenters. The van der Waals surface area contributed by atoms with Gasteiger partial charge in [-0.3, -0.25) is 9.59 Å². The zero-order valence-electron chi connectivity index (χ0n) is 13.4. The molecule has 6 heteroatoms. The standard InChI is InChI=1S/C15H28N2O4/c1-16(2)8-5-9-17(10-11-21-3)14(18)12-6-4-7-13(12)15(19)20/h12-13H,4-11H2,1-3H3,(H,19,20)/t12-,13+/m1/s1. The van der Waals surface area contributed by atoms with Gasteiger partial charge in [0.05, 0.1) is 18.4 Å². The van der Waals surface area contributed by atoms with Crippen molar-refractivity contribution in [1.29, 1.82) is 0 Å². The summed E-state index contributed by atoms with van der Waals surface area (Å²) >= 11 is 0. The number of carboxylic acid groups (broad SMARTS) is 1. The average Bonchev–Trinajstić information content (AvgIpc) is 2.91. The highest BCUT2D eigenvalue weighted by atomic mass is 16.5. The number of carbonyl (C=O) groups excluding carboxylic acids is 1. The Bertz CT molecular complexity index is 347. The molecule has 2 atom stereocenters. The Kier molecular flexibility index (Phi) is 7.67. The van der Waals surface area contributed by atoms with E-state index in [1.54, 1.807) is 12.0 Å². The summed E-state index contributed by atoms with van der Waals surface area (Å²) < 4.78 is 5.07. The van der Waals surface area contributed by atoms with Crippen molar-refractivity contribution in [1.82, 2.24) is 9.80 Å². The fraction of sp³-hybridized carbons (Fsp3) is 0.867. The molecule has 1 N–H and O–H groups in total. The number of ether oxygens (including phenoxy) is 1. The van der Waals surface area contributed by atoms with Gasteiger partial charge in [-0.15, -0.1) is 0 Å². The summed E-state index contributed by atoms with van der Waals surface area (Å²) in [6, 6.07) is 0. The molecule has 21 heavy (non-hydrogen) atoms. The first kappa shape index (κ1) is 17.9. The van der Waals surface area contributed by atoms with E-state index in [1.807, 2.05) is 14.1 Å². The number of methoxy groups -OCH3 is 1. The number of hydrogen-bond donors (Lipinski definition) is 1. The van der Waals surface area contributed by atoms with Crippen molar-refractivity contribution in [3.63, 3.8) is 0 Å². The van der Waals surface area contributed by atoms with Crippen LogP contribution in [0, 0.1) is 11.8 Å². The zero-order chi connectivity index (χ0) is 15.8. The molecule has 0 aromatic heterocycles. The molecule has 0 aromatic rings. The highest BCUT2D eigenvalue weighted by Gasteiger charge is 2.39. The Balaban J connectivity index is 2.62. The fourth-order valence-electron chi connectivity index (χ4n) is 2.90. The Morgan fingerprint density at radius 2 is 1.81 bits per heavy atom. The first-order chi connectivity index (χ1) is 9.97. The first-order valence-corrected chi connectivity index (χ1v) is 7.62. The first-order valence-electron chi connectivity index (χ1n) is 7.62. The maximum absolute atomic E-state index is 12.6. The maximum Gasteiger partial charge on any atom is 0.307 e. The Morgan fingerprint density at radius 1 is 1.14 bits per heavy atom. The summed E-state index contributed by atoms with van der Waals surface area (Å²) in [5.41, 5.74) is 0. The van der Waals surface area contributed by atoms with Crippen LogP contribution in [0.1, 0.15) is 25.7 Å². The molecule has 1 aliphatic carbocycles. The van der Waals surface area contributed by atoms with Crippen LogP contribution in [0.15, 0.2) is 0 Å². The van der Waals surface area contributed by atoms with Crippen molar-refractivity contribution in [2.75, 3.05) is 47.4 Å². The van der Waals surface area contributed by atoms with Gasteiger partial charge in [0.15, 0.2) is 0 Å². The molecular formula is C15H28N2O4. The van der Waals surface area contributed by atoms with Gasteiger partial charge in [0.1, 0.15) is 0 Å². The predicted molar refractivity (Wildman–Crippen MR) is 80.1 cm³/mol. The van der Waals surface area contributed by atoms with Crippen LogP contribution in [0.2, 0.25) is 0 Å². The number of carbonyl (C=O) groups is 2. The zero-order valence-corrected chi connectivity index (χ0v) is 13.4. The number of carboxylic acids is 1. The van der Waals surface area contributed by atoms with E-state index in [2.05, 4.69) is 4.90 Å². The Hall–Kier alpha value is -1.14. The second kappa shape index (κ2) is 9.00. The summed E-state index contributed by atoms with van der Waals surface area (Å²) in [5.74, 6) is -1.74. The molecule has 0 bridgehead atoms. The van der Waals surface area contributed by atoms with Crippen molar-refractivity contribution in [2.45, 2.75) is 25.7 Å². The van der Waals surface area contributed by atoms with E-state index in [9.17, 15) is 14.7 Å². The Labute approximate surface area is 127 Å². The van der Waals surface area contributed by atoms with Crippen LogP contribution >= 0.6 is 0 Å². The summed E-state index contributed by atoms with van der Waals surface area (Å²) in [7, 11) is 5.61. The summed E-state index contributed by atoms with van der Waals surface area (Å²) in [4.78, 5) is 27.7. The van der Waals surface area contributed by atoms with Crippen LogP contribution < -0.4 is 0 Å². The lowest BCUT2D eigenvalue weighted by Crippen LogP contribution is -2.42. The normalized spacial score (nSPS) is 21.7. The van der Waals surface area contributed by atoms with Crippen LogP contribution in [0.5, 0.6) is 0 Å². The SMILES string of the molecule is COCCN(CCCN(C)C)C(=O)[C@@H]1CCC[C@@H]1C(=O)O. The van der Waals surface area contributed by atoms with E-state index in [1.165, 1.54) is 0 Å². The highest BCUT2D eigenvalue weighted by Crippen LogP contribution is 2.33. The lowest BCUT2D eigenvalue weighted by atomic mass is 9.94. The molecule has 0 spiro atoms. The molecule has 0 aliphatic heterocycles. The minimum atomic E-state index is -0.842. The van der Waals surface area contributed by atoms with Crippen molar-refractivity contribution >= 4 is 11.9 Å². The van der Waals surface area contributed by atoms with Crippen molar-refractivity contribution in [3.05, 3.63) is 0 Å². The van der Waals surface area contributed by atoms with E-state index in [-0.39, 0.29) is 11.8 Å². The number of nitrogens with zero attached hydrogens (tertiary/aromatic N) is 2. The van der Waals surface area contributed by atoms with E-state index >= 15 is 0 Å². The Morgan fingerprint density at radius 3 is 2.38 bits per heavy atom. The molecule has 1 rings (SSSR count). The minimum Gasteiger partial charge on any atom is -0.481 e. The molecule has 0 saturated heterocycles. The van der Waals surface area contributed by atoms with Gasteiger partial charge >= 0.3 is 5.97 Å². The monoisotopic (exact) mass is 300 g/mol. The quantitative estimate of drug-likeness (QED) is 0.685. The number of rotatable bonds is 9. The maximum atomic E-state index is 12.6.